The van der Waals surface area contributed by atoms with E-state index in [0.29, 0.717) is 5.13 Å². The number of benzene rings is 2. The largest absolute Gasteiger partial charge is 0.375 e. The second-order valence-electron chi connectivity index (χ2n) is 5.18. The van der Waals surface area contributed by atoms with Gasteiger partial charge < -0.3 is 5.73 Å². The van der Waals surface area contributed by atoms with Crippen LogP contribution in [0.15, 0.2) is 42.5 Å². The van der Waals surface area contributed by atoms with E-state index in [1.807, 2.05) is 18.2 Å². The molecule has 3 aromatic rings. The van der Waals surface area contributed by atoms with Crippen LogP contribution in [0.25, 0.3) is 22.4 Å². The first-order valence-electron chi connectivity index (χ1n) is 6.75. The van der Waals surface area contributed by atoms with Crippen LogP contribution < -0.4 is 5.73 Å². The molecule has 0 bridgehead atoms. The average Bonchev–Trinajstić information content (AvgIpc) is 3.02. The molecule has 5 nitrogen and oxygen atoms in total. The van der Waals surface area contributed by atoms with Crippen molar-refractivity contribution in [2.24, 2.45) is 0 Å². The highest BCUT2D eigenvalue weighted by molar-refractivity contribution is 7.15. The number of anilines is 1. The van der Waals surface area contributed by atoms with E-state index in [9.17, 15) is 10.1 Å². The van der Waals surface area contributed by atoms with Gasteiger partial charge in [0.25, 0.3) is 5.69 Å². The highest BCUT2D eigenvalue weighted by atomic mass is 32.1. The zero-order valence-corrected chi connectivity index (χ0v) is 12.3. The normalized spacial score (nSPS) is 12.0. The predicted molar refractivity (Wildman–Crippen MR) is 86.9 cm³/mol. The summed E-state index contributed by atoms with van der Waals surface area (Å²) in [5, 5.41) is 11.5. The molecule has 0 unspecified atom stereocenters. The lowest BCUT2D eigenvalue weighted by molar-refractivity contribution is -0.384. The van der Waals surface area contributed by atoms with Crippen LogP contribution >= 0.6 is 11.3 Å². The maximum atomic E-state index is 10.9. The molecule has 22 heavy (non-hydrogen) atoms. The molecule has 0 saturated heterocycles. The molecule has 0 aliphatic heterocycles. The van der Waals surface area contributed by atoms with Crippen LogP contribution in [0.5, 0.6) is 0 Å². The molecule has 2 N–H and O–H groups in total. The summed E-state index contributed by atoms with van der Waals surface area (Å²) >= 11 is 1.52. The number of nitrogens with zero attached hydrogens (tertiary/aromatic N) is 2. The van der Waals surface area contributed by atoms with Gasteiger partial charge in [-0.3, -0.25) is 10.1 Å². The van der Waals surface area contributed by atoms with Gasteiger partial charge in [-0.25, -0.2) is 4.98 Å². The molecule has 2 aromatic carbocycles. The van der Waals surface area contributed by atoms with Gasteiger partial charge in [0.1, 0.15) is 0 Å². The van der Waals surface area contributed by atoms with Crippen molar-refractivity contribution in [3.8, 4) is 22.4 Å². The summed E-state index contributed by atoms with van der Waals surface area (Å²) in [6, 6.07) is 12.8. The quantitative estimate of drug-likeness (QED) is 0.450. The Hall–Kier alpha value is -2.73. The Balaban J connectivity index is 1.78. The van der Waals surface area contributed by atoms with Crippen LogP contribution in [-0.4, -0.2) is 9.91 Å². The van der Waals surface area contributed by atoms with Crippen LogP contribution in [-0.2, 0) is 6.42 Å². The van der Waals surface area contributed by atoms with Gasteiger partial charge in [0.15, 0.2) is 5.13 Å². The lowest BCUT2D eigenvalue weighted by atomic mass is 10.00. The summed E-state index contributed by atoms with van der Waals surface area (Å²) < 4.78 is 0. The van der Waals surface area contributed by atoms with Crippen molar-refractivity contribution in [2.45, 2.75) is 6.42 Å². The molecule has 0 saturated carbocycles. The fourth-order valence-corrected chi connectivity index (χ4v) is 3.69. The van der Waals surface area contributed by atoms with E-state index in [1.165, 1.54) is 27.8 Å². The number of nitrogens with two attached hydrogens (primary N) is 1. The van der Waals surface area contributed by atoms with E-state index in [2.05, 4.69) is 11.1 Å². The molecule has 1 aliphatic rings. The average molecular weight is 309 g/mol. The molecule has 1 heterocycles. The van der Waals surface area contributed by atoms with E-state index in [0.717, 1.165) is 28.8 Å². The minimum absolute atomic E-state index is 0.103. The summed E-state index contributed by atoms with van der Waals surface area (Å²) in [7, 11) is 0. The number of fused-ring (bicyclic) bond motifs is 3. The molecule has 0 fully saturated rings. The second-order valence-corrected chi connectivity index (χ2v) is 6.30. The lowest BCUT2D eigenvalue weighted by Crippen LogP contribution is -1.89. The maximum absolute atomic E-state index is 10.9. The molecule has 1 aliphatic carbocycles. The van der Waals surface area contributed by atoms with Crippen molar-refractivity contribution >= 4 is 22.2 Å². The van der Waals surface area contributed by atoms with Crippen LogP contribution in [0.3, 0.4) is 0 Å². The van der Waals surface area contributed by atoms with Gasteiger partial charge in [0.05, 0.1) is 10.6 Å². The first kappa shape index (κ1) is 13.0. The number of nitro groups is 1. The van der Waals surface area contributed by atoms with Crippen LogP contribution in [0.4, 0.5) is 10.8 Å². The van der Waals surface area contributed by atoms with Crippen LogP contribution in [0.1, 0.15) is 10.4 Å². The van der Waals surface area contributed by atoms with E-state index in [1.54, 1.807) is 12.1 Å². The van der Waals surface area contributed by atoms with Crippen molar-refractivity contribution in [1.29, 1.82) is 0 Å². The van der Waals surface area contributed by atoms with Gasteiger partial charge >= 0.3 is 0 Å². The van der Waals surface area contributed by atoms with Crippen LogP contribution in [0, 0.1) is 10.1 Å². The fraction of sp³-hybridized carbons (Fsp3) is 0.0625. The number of rotatable bonds is 2. The molecular formula is C16H11N3O2S. The van der Waals surface area contributed by atoms with Gasteiger partial charge in [0, 0.05) is 29.0 Å². The van der Waals surface area contributed by atoms with Crippen molar-refractivity contribution < 1.29 is 4.92 Å². The molecular weight excluding hydrogens is 298 g/mol. The molecule has 6 heteroatoms. The van der Waals surface area contributed by atoms with Crippen molar-refractivity contribution in [3.63, 3.8) is 0 Å². The molecule has 0 spiro atoms. The summed E-state index contributed by atoms with van der Waals surface area (Å²) in [4.78, 5) is 16.1. The Labute approximate surface area is 130 Å². The van der Waals surface area contributed by atoms with E-state index < -0.39 is 0 Å². The van der Waals surface area contributed by atoms with Crippen LogP contribution in [0.2, 0.25) is 0 Å². The number of thiazole rings is 1. The molecule has 4 rings (SSSR count). The molecule has 0 amide bonds. The highest BCUT2D eigenvalue weighted by Crippen LogP contribution is 2.41. The van der Waals surface area contributed by atoms with E-state index >= 15 is 0 Å². The van der Waals surface area contributed by atoms with Gasteiger partial charge in [-0.15, -0.1) is 11.3 Å². The summed E-state index contributed by atoms with van der Waals surface area (Å²) in [5.74, 6) is 0. The Morgan fingerprint density at radius 2 is 2.00 bits per heavy atom. The van der Waals surface area contributed by atoms with Gasteiger partial charge in [-0.1, -0.05) is 30.3 Å². The zero-order valence-electron chi connectivity index (χ0n) is 11.4. The summed E-state index contributed by atoms with van der Waals surface area (Å²) in [6.07, 6.45) is 0.822. The third-order valence-electron chi connectivity index (χ3n) is 3.82. The highest BCUT2D eigenvalue weighted by Gasteiger charge is 2.23. The Morgan fingerprint density at radius 1 is 1.18 bits per heavy atom. The Bertz CT molecular complexity index is 918. The fourth-order valence-electron chi connectivity index (χ4n) is 2.82. The standard InChI is InChI=1S/C16H11N3O2S/c17-16-18-15-13-5-4-10(6-11(13)8-14(15)22-16)9-2-1-3-12(7-9)19(20)21/h1-7H,8H2,(H2,17,18). The van der Waals surface area contributed by atoms with E-state index in [4.69, 9.17) is 5.73 Å². The number of nitrogen functional groups attached to an aromatic ring is 1. The topological polar surface area (TPSA) is 82.0 Å². The Kier molecular flexibility index (Phi) is 2.74. The molecule has 108 valence electrons. The summed E-state index contributed by atoms with van der Waals surface area (Å²) in [6.45, 7) is 0. The van der Waals surface area contributed by atoms with Crippen molar-refractivity contribution in [3.05, 3.63) is 63.0 Å². The number of hydrogen-bond donors (Lipinski definition) is 1. The van der Waals surface area contributed by atoms with Crippen molar-refractivity contribution in [2.75, 3.05) is 5.73 Å². The van der Waals surface area contributed by atoms with Gasteiger partial charge in [-0.2, -0.15) is 0 Å². The smallest absolute Gasteiger partial charge is 0.270 e. The minimum atomic E-state index is -0.374. The third kappa shape index (κ3) is 1.96. The second kappa shape index (κ2) is 4.64. The van der Waals surface area contributed by atoms with Gasteiger partial charge in [-0.05, 0) is 16.7 Å². The first-order chi connectivity index (χ1) is 10.6. The maximum Gasteiger partial charge on any atom is 0.270 e. The predicted octanol–water partition coefficient (Wildman–Crippen LogP) is 3.87. The first-order valence-corrected chi connectivity index (χ1v) is 7.57. The Morgan fingerprint density at radius 3 is 2.82 bits per heavy atom. The number of nitro benzene ring substituents is 1. The van der Waals surface area contributed by atoms with Crippen molar-refractivity contribution in [1.82, 2.24) is 4.98 Å². The van der Waals surface area contributed by atoms with Gasteiger partial charge in [0.2, 0.25) is 0 Å². The molecule has 1 aromatic heterocycles. The zero-order chi connectivity index (χ0) is 15.3. The number of non-ortho nitro benzene ring substituents is 1. The lowest BCUT2D eigenvalue weighted by Gasteiger charge is -2.05. The molecule has 0 atom stereocenters. The molecule has 0 radical (unpaired) electrons. The monoisotopic (exact) mass is 309 g/mol. The third-order valence-corrected chi connectivity index (χ3v) is 4.70. The number of hydrogen-bond acceptors (Lipinski definition) is 5. The SMILES string of the molecule is Nc1nc2c(s1)Cc1cc(-c3cccc([N+](=O)[O-])c3)ccc1-2. The van der Waals surface area contributed by atoms with E-state index in [-0.39, 0.29) is 10.6 Å². The number of aromatic nitrogens is 1. The minimum Gasteiger partial charge on any atom is -0.375 e. The summed E-state index contributed by atoms with van der Waals surface area (Å²) in [5.41, 5.74) is 11.0.